The Labute approximate surface area is 231 Å². The van der Waals surface area contributed by atoms with Crippen molar-refractivity contribution in [3.8, 4) is 23.2 Å². The van der Waals surface area contributed by atoms with Gasteiger partial charge in [-0.3, -0.25) is 9.69 Å². The highest BCUT2D eigenvalue weighted by Gasteiger charge is 2.33. The van der Waals surface area contributed by atoms with Crippen molar-refractivity contribution in [2.75, 3.05) is 51.3 Å². The van der Waals surface area contributed by atoms with Gasteiger partial charge in [-0.25, -0.2) is 14.4 Å². The van der Waals surface area contributed by atoms with E-state index < -0.39 is 24.8 Å². The number of aromatic nitrogens is 3. The number of likely N-dealkylation sites (tertiary alicyclic amines) is 1. The van der Waals surface area contributed by atoms with Crippen LogP contribution in [0.5, 0.6) is 5.75 Å². The summed E-state index contributed by atoms with van der Waals surface area (Å²) in [6.45, 7) is 3.57. The van der Waals surface area contributed by atoms with Gasteiger partial charge in [0, 0.05) is 43.9 Å². The van der Waals surface area contributed by atoms with Gasteiger partial charge < -0.3 is 24.8 Å². The van der Waals surface area contributed by atoms with E-state index in [2.05, 4.69) is 43.4 Å². The normalized spacial score (nSPS) is 19.6. The number of piperidine rings is 1. The fourth-order valence-corrected chi connectivity index (χ4v) is 4.75. The van der Waals surface area contributed by atoms with Gasteiger partial charge in [0.1, 0.15) is 30.9 Å². The van der Waals surface area contributed by atoms with Crippen LogP contribution in [0.15, 0.2) is 48.8 Å². The van der Waals surface area contributed by atoms with Crippen LogP contribution in [0.2, 0.25) is 0 Å². The second-order valence-electron chi connectivity index (χ2n) is 9.63. The van der Waals surface area contributed by atoms with Gasteiger partial charge in [-0.1, -0.05) is 12.1 Å². The zero-order valence-electron chi connectivity index (χ0n) is 21.9. The molecule has 2 atom stereocenters. The molecular formula is C28H30FN7O4. The number of carbonyl (C=O) groups excluding carboxylic acids is 1. The van der Waals surface area contributed by atoms with Crippen LogP contribution in [0.4, 0.5) is 16.0 Å². The Morgan fingerprint density at radius 2 is 2.05 bits per heavy atom. The van der Waals surface area contributed by atoms with Gasteiger partial charge in [0.2, 0.25) is 11.9 Å². The zero-order valence-corrected chi connectivity index (χ0v) is 21.9. The summed E-state index contributed by atoms with van der Waals surface area (Å²) in [5.74, 6) is 0.446. The lowest BCUT2D eigenvalue weighted by molar-refractivity contribution is -0.138. The topological polar surface area (TPSA) is 137 Å². The first-order chi connectivity index (χ1) is 19.5. The molecule has 3 aromatic rings. The lowest BCUT2D eigenvalue weighted by Gasteiger charge is -2.34. The van der Waals surface area contributed by atoms with Crippen LogP contribution in [-0.2, 0) is 16.1 Å². The smallest absolute Gasteiger partial charge is 0.248 e. The molecule has 2 aliphatic rings. The van der Waals surface area contributed by atoms with Crippen LogP contribution in [-0.4, -0.2) is 94.0 Å². The molecule has 0 unspecified atom stereocenters. The van der Waals surface area contributed by atoms with Gasteiger partial charge in [0.15, 0.2) is 12.0 Å². The molecule has 0 radical (unpaired) electrons. The highest BCUT2D eigenvalue weighted by Crippen LogP contribution is 2.28. The molecule has 208 valence electrons. The maximum absolute atomic E-state index is 14.7. The Bertz CT molecular complexity index is 1380. The van der Waals surface area contributed by atoms with Crippen LogP contribution in [0.3, 0.4) is 0 Å². The summed E-state index contributed by atoms with van der Waals surface area (Å²) in [6.07, 6.45) is -0.614. The maximum atomic E-state index is 14.7. The van der Waals surface area contributed by atoms with E-state index in [1.54, 1.807) is 18.2 Å². The second kappa shape index (κ2) is 12.8. The number of benzene rings is 2. The largest absolute Gasteiger partial charge is 0.486 e. The SMILES string of the molecule is N#Cc1cc(-c2ncnc(Nc3cccc(CN4CCOCC4)c3)n2)ccc1O[C@H]1CCN(C(=O)CO)C[C@H]1F. The minimum atomic E-state index is -1.44. The van der Waals surface area contributed by atoms with E-state index in [0.29, 0.717) is 17.3 Å². The number of hydrogen-bond acceptors (Lipinski definition) is 10. The third kappa shape index (κ3) is 6.69. The molecule has 5 rings (SSSR count). The summed E-state index contributed by atoms with van der Waals surface area (Å²) in [7, 11) is 0. The van der Waals surface area contributed by atoms with Gasteiger partial charge in [0.25, 0.3) is 0 Å². The number of carbonyl (C=O) groups is 1. The number of rotatable bonds is 8. The quantitative estimate of drug-likeness (QED) is 0.432. The standard InChI is InChI=1S/C28H30FN7O4/c29-23-16-36(26(38)17-37)7-6-25(23)40-24-5-4-20(13-21(24)14-30)27-31-18-32-28(34-27)33-22-3-1-2-19(12-22)15-35-8-10-39-11-9-35/h1-5,12-13,18,23,25,37H,6-11,15-17H2,(H,31,32,33,34)/t23-,25+/m1/s1. The van der Waals surface area contributed by atoms with Crippen molar-refractivity contribution in [1.29, 1.82) is 5.26 Å². The summed E-state index contributed by atoms with van der Waals surface area (Å²) < 4.78 is 26.0. The first-order valence-corrected chi connectivity index (χ1v) is 13.1. The van der Waals surface area contributed by atoms with Crippen LogP contribution in [0, 0.1) is 11.3 Å². The summed E-state index contributed by atoms with van der Waals surface area (Å²) in [5.41, 5.74) is 2.80. The third-order valence-electron chi connectivity index (χ3n) is 6.87. The number of halogens is 1. The first kappa shape index (κ1) is 27.4. The number of nitrogens with zero attached hydrogens (tertiary/aromatic N) is 6. The van der Waals surface area contributed by atoms with Crippen molar-refractivity contribution < 1.29 is 23.8 Å². The maximum Gasteiger partial charge on any atom is 0.248 e. The zero-order chi connectivity index (χ0) is 27.9. The van der Waals surface area contributed by atoms with Gasteiger partial charge >= 0.3 is 0 Å². The van der Waals surface area contributed by atoms with E-state index in [9.17, 15) is 14.4 Å². The summed E-state index contributed by atoms with van der Waals surface area (Å²) in [6, 6.07) is 15.0. The number of morpholine rings is 1. The number of amides is 1. The predicted molar refractivity (Wildman–Crippen MR) is 143 cm³/mol. The molecule has 2 aliphatic heterocycles. The van der Waals surface area contributed by atoms with Crippen LogP contribution in [0.1, 0.15) is 17.5 Å². The van der Waals surface area contributed by atoms with Gasteiger partial charge in [-0.05, 0) is 35.9 Å². The summed E-state index contributed by atoms with van der Waals surface area (Å²) in [4.78, 5) is 28.3. The molecule has 11 nitrogen and oxygen atoms in total. The molecular weight excluding hydrogens is 517 g/mol. The number of hydrogen-bond donors (Lipinski definition) is 2. The van der Waals surface area contributed by atoms with Gasteiger partial charge in [0.05, 0.1) is 25.3 Å². The van der Waals surface area contributed by atoms with E-state index in [4.69, 9.17) is 14.6 Å². The number of anilines is 2. The third-order valence-corrected chi connectivity index (χ3v) is 6.87. The van der Waals surface area contributed by atoms with Crippen molar-refractivity contribution in [2.45, 2.75) is 25.2 Å². The van der Waals surface area contributed by atoms with Gasteiger partial charge in [-0.15, -0.1) is 0 Å². The van der Waals surface area contributed by atoms with Crippen molar-refractivity contribution >= 4 is 17.5 Å². The summed E-state index contributed by atoms with van der Waals surface area (Å²) >= 11 is 0. The van der Waals surface area contributed by atoms with E-state index >= 15 is 0 Å². The Balaban J connectivity index is 1.26. The second-order valence-corrected chi connectivity index (χ2v) is 9.63. The monoisotopic (exact) mass is 547 g/mol. The average Bonchev–Trinajstić information content (AvgIpc) is 2.98. The van der Waals surface area contributed by atoms with Crippen molar-refractivity contribution in [3.05, 3.63) is 59.9 Å². The number of nitriles is 1. The molecule has 3 heterocycles. The molecule has 2 N–H and O–H groups in total. The average molecular weight is 548 g/mol. The molecule has 0 bridgehead atoms. The fraction of sp³-hybridized carbons (Fsp3) is 0.393. The van der Waals surface area contributed by atoms with Crippen LogP contribution in [0.25, 0.3) is 11.4 Å². The van der Waals surface area contributed by atoms with Crippen molar-refractivity contribution in [2.24, 2.45) is 0 Å². The summed E-state index contributed by atoms with van der Waals surface area (Å²) in [5, 5.41) is 22.0. The molecule has 0 saturated carbocycles. The molecule has 1 aromatic heterocycles. The Kier molecular flexibility index (Phi) is 8.75. The van der Waals surface area contributed by atoms with Crippen molar-refractivity contribution in [1.82, 2.24) is 24.8 Å². The highest BCUT2D eigenvalue weighted by atomic mass is 19.1. The molecule has 2 aromatic carbocycles. The Hall–Kier alpha value is -4.18. The lowest BCUT2D eigenvalue weighted by Crippen LogP contribution is -2.50. The minimum absolute atomic E-state index is 0.166. The first-order valence-electron chi connectivity index (χ1n) is 13.1. The lowest BCUT2D eigenvalue weighted by atomic mass is 10.0. The molecule has 2 saturated heterocycles. The van der Waals surface area contributed by atoms with Gasteiger partial charge in [-0.2, -0.15) is 10.2 Å². The Morgan fingerprint density at radius 1 is 1.20 bits per heavy atom. The van der Waals surface area contributed by atoms with Crippen molar-refractivity contribution in [3.63, 3.8) is 0 Å². The minimum Gasteiger partial charge on any atom is -0.486 e. The molecule has 1 amide bonds. The number of nitrogens with one attached hydrogen (secondary N) is 1. The molecule has 2 fully saturated rings. The molecule has 40 heavy (non-hydrogen) atoms. The fourth-order valence-electron chi connectivity index (χ4n) is 4.75. The number of aliphatic hydroxyl groups excluding tert-OH is 1. The molecule has 0 aliphatic carbocycles. The van der Waals surface area contributed by atoms with E-state index in [1.165, 1.54) is 11.2 Å². The number of aliphatic hydroxyl groups is 1. The number of ether oxygens (including phenoxy) is 2. The van der Waals surface area contributed by atoms with E-state index in [1.807, 2.05) is 12.1 Å². The Morgan fingerprint density at radius 3 is 2.83 bits per heavy atom. The van der Waals surface area contributed by atoms with E-state index in [-0.39, 0.29) is 30.8 Å². The highest BCUT2D eigenvalue weighted by molar-refractivity contribution is 5.77. The molecule has 0 spiro atoms. The van der Waals surface area contributed by atoms with Crippen LogP contribution < -0.4 is 10.1 Å². The molecule has 12 heteroatoms. The van der Waals surface area contributed by atoms with Crippen LogP contribution >= 0.6 is 0 Å². The predicted octanol–water partition coefficient (Wildman–Crippen LogP) is 2.30. The number of alkyl halides is 1. The van der Waals surface area contributed by atoms with E-state index in [0.717, 1.165) is 44.1 Å².